The fourth-order valence-electron chi connectivity index (χ4n) is 1.09. The Morgan fingerprint density at radius 3 is 2.31 bits per heavy atom. The number of phenols is 1. The average molecular weight is 221 g/mol. The minimum absolute atomic E-state index is 0.248. The Balaban J connectivity index is 0.000000487. The van der Waals surface area contributed by atoms with Gasteiger partial charge in [-0.15, -0.1) is 0 Å². The lowest BCUT2D eigenvalue weighted by Crippen LogP contribution is -1.88. The first-order valence-corrected chi connectivity index (χ1v) is 4.81. The number of hydrogen-bond acceptors (Lipinski definition) is 3. The zero-order valence-electron chi connectivity index (χ0n) is 9.56. The normalized spacial score (nSPS) is 8.94. The number of carboxylic acids is 1. The van der Waals surface area contributed by atoms with Crippen molar-refractivity contribution in [2.45, 2.75) is 26.7 Å². The molecule has 4 heteroatoms. The van der Waals surface area contributed by atoms with E-state index in [2.05, 4.69) is 0 Å². The van der Waals surface area contributed by atoms with Gasteiger partial charge >= 0.3 is 0 Å². The van der Waals surface area contributed by atoms with Crippen LogP contribution < -0.4 is 0 Å². The van der Waals surface area contributed by atoms with Gasteiger partial charge in [-0.3, -0.25) is 4.79 Å². The Morgan fingerprint density at radius 2 is 1.94 bits per heavy atom. The van der Waals surface area contributed by atoms with Gasteiger partial charge in [0.1, 0.15) is 5.75 Å². The summed E-state index contributed by atoms with van der Waals surface area (Å²) in [6, 6.07) is 6.94. The van der Waals surface area contributed by atoms with Crippen molar-refractivity contribution in [1.82, 2.24) is 0 Å². The number of carbonyl (C=O) groups is 1. The van der Waals surface area contributed by atoms with Crippen LogP contribution in [0.15, 0.2) is 18.2 Å². The van der Waals surface area contributed by atoms with Gasteiger partial charge in [-0.1, -0.05) is 13.8 Å². The molecule has 16 heavy (non-hydrogen) atoms. The van der Waals surface area contributed by atoms with Gasteiger partial charge in [-0.2, -0.15) is 5.26 Å². The molecule has 4 nitrogen and oxygen atoms in total. The van der Waals surface area contributed by atoms with Crippen LogP contribution in [0, 0.1) is 11.3 Å². The summed E-state index contributed by atoms with van der Waals surface area (Å²) in [5, 5.41) is 25.4. The molecule has 0 heterocycles. The van der Waals surface area contributed by atoms with Gasteiger partial charge in [0.05, 0.1) is 11.6 Å². The molecule has 0 aliphatic carbocycles. The number of hydrogen-bond donors (Lipinski definition) is 2. The zero-order chi connectivity index (χ0) is 12.7. The molecule has 0 saturated carbocycles. The Morgan fingerprint density at radius 1 is 1.44 bits per heavy atom. The Labute approximate surface area is 94.8 Å². The average Bonchev–Trinajstić information content (AvgIpc) is 2.17. The molecule has 0 spiro atoms. The van der Waals surface area contributed by atoms with E-state index in [0.29, 0.717) is 5.56 Å². The molecule has 0 aliphatic rings. The van der Waals surface area contributed by atoms with Crippen molar-refractivity contribution in [3.05, 3.63) is 29.3 Å². The second-order valence-electron chi connectivity index (χ2n) is 3.56. The molecule has 1 aromatic carbocycles. The van der Waals surface area contributed by atoms with Crippen LogP contribution >= 0.6 is 0 Å². The monoisotopic (exact) mass is 221 g/mol. The van der Waals surface area contributed by atoms with Crippen LogP contribution in [-0.2, 0) is 4.79 Å². The van der Waals surface area contributed by atoms with Crippen LogP contribution in [0.5, 0.6) is 5.75 Å². The van der Waals surface area contributed by atoms with Crippen LogP contribution in [0.2, 0.25) is 0 Å². The van der Waals surface area contributed by atoms with E-state index in [1.807, 2.05) is 19.9 Å². The number of benzene rings is 1. The summed E-state index contributed by atoms with van der Waals surface area (Å²) >= 11 is 0. The fraction of sp³-hybridized carbons (Fsp3) is 0.333. The van der Waals surface area contributed by atoms with E-state index in [1.54, 1.807) is 18.2 Å². The zero-order valence-corrected chi connectivity index (χ0v) is 9.56. The third kappa shape index (κ3) is 5.01. The molecule has 0 bridgehead atoms. The summed E-state index contributed by atoms with van der Waals surface area (Å²) in [5.41, 5.74) is 1.42. The molecule has 0 fully saturated rings. The van der Waals surface area contributed by atoms with Gasteiger partial charge in [-0.05, 0) is 29.7 Å². The highest BCUT2D eigenvalue weighted by molar-refractivity contribution is 5.62. The van der Waals surface area contributed by atoms with E-state index in [0.717, 1.165) is 12.5 Å². The van der Waals surface area contributed by atoms with E-state index >= 15 is 0 Å². The number of rotatable bonds is 1. The van der Waals surface area contributed by atoms with Gasteiger partial charge < -0.3 is 10.2 Å². The maximum absolute atomic E-state index is 9.39. The van der Waals surface area contributed by atoms with Crippen molar-refractivity contribution in [3.63, 3.8) is 0 Å². The smallest absolute Gasteiger partial charge is 0.300 e. The van der Waals surface area contributed by atoms with Crippen molar-refractivity contribution in [3.8, 4) is 11.8 Å². The van der Waals surface area contributed by atoms with E-state index in [4.69, 9.17) is 15.2 Å². The highest BCUT2D eigenvalue weighted by atomic mass is 16.4. The number of nitrogens with zero attached hydrogens (tertiary/aromatic N) is 1. The Hall–Kier alpha value is -2.02. The van der Waals surface area contributed by atoms with Crippen LogP contribution in [0.3, 0.4) is 0 Å². The summed E-state index contributed by atoms with van der Waals surface area (Å²) in [4.78, 5) is 9.00. The molecule has 0 radical (unpaired) electrons. The van der Waals surface area contributed by atoms with Gasteiger partial charge in [0, 0.05) is 6.92 Å². The summed E-state index contributed by atoms with van der Waals surface area (Å²) in [5.74, 6) is -0.317. The number of nitriles is 1. The molecule has 0 amide bonds. The lowest BCUT2D eigenvalue weighted by Gasteiger charge is -2.07. The topological polar surface area (TPSA) is 81.3 Å². The number of aromatic hydroxyl groups is 1. The van der Waals surface area contributed by atoms with Crippen LogP contribution in [-0.4, -0.2) is 16.2 Å². The number of carboxylic acid groups (broad SMARTS) is 1. The first kappa shape index (κ1) is 14.0. The van der Waals surface area contributed by atoms with Crippen molar-refractivity contribution in [1.29, 1.82) is 5.26 Å². The summed E-state index contributed by atoms with van der Waals surface area (Å²) in [7, 11) is 0. The SMILES string of the molecule is CC(=O)O.CC(C)c1cc(C#N)ccc1O. The lowest BCUT2D eigenvalue weighted by molar-refractivity contribution is -0.134. The molecule has 0 aliphatic heterocycles. The molecule has 0 unspecified atom stereocenters. The molecule has 1 rings (SSSR count). The number of aliphatic carboxylic acids is 1. The standard InChI is InChI=1S/C10H11NO.C2H4O2/c1-7(2)9-5-8(6-11)3-4-10(9)12;1-2(3)4/h3-5,7,12H,1-2H3;1H3,(H,3,4). The molecular formula is C12H15NO3. The Kier molecular flexibility index (Phi) is 5.65. The van der Waals surface area contributed by atoms with Crippen molar-refractivity contribution in [2.24, 2.45) is 0 Å². The fourth-order valence-corrected chi connectivity index (χ4v) is 1.09. The van der Waals surface area contributed by atoms with Gasteiger partial charge in [0.15, 0.2) is 0 Å². The summed E-state index contributed by atoms with van der Waals surface area (Å²) < 4.78 is 0. The van der Waals surface area contributed by atoms with Crippen molar-refractivity contribution < 1.29 is 15.0 Å². The molecule has 0 aromatic heterocycles. The van der Waals surface area contributed by atoms with Crippen molar-refractivity contribution in [2.75, 3.05) is 0 Å². The Bertz CT molecular complexity index is 401. The quantitative estimate of drug-likeness (QED) is 0.763. The van der Waals surface area contributed by atoms with Crippen LogP contribution in [0.25, 0.3) is 0 Å². The van der Waals surface area contributed by atoms with Gasteiger partial charge in [-0.25, -0.2) is 0 Å². The lowest BCUT2D eigenvalue weighted by atomic mass is 10.0. The molecule has 1 aromatic rings. The largest absolute Gasteiger partial charge is 0.508 e. The summed E-state index contributed by atoms with van der Waals surface area (Å²) in [6.45, 7) is 5.05. The third-order valence-corrected chi connectivity index (χ3v) is 1.78. The molecule has 86 valence electrons. The van der Waals surface area contributed by atoms with Crippen LogP contribution in [0.1, 0.15) is 37.8 Å². The van der Waals surface area contributed by atoms with E-state index in [1.165, 1.54) is 0 Å². The predicted octanol–water partition coefficient (Wildman–Crippen LogP) is 2.48. The van der Waals surface area contributed by atoms with Crippen LogP contribution in [0.4, 0.5) is 0 Å². The first-order chi connectivity index (χ1) is 7.38. The highest BCUT2D eigenvalue weighted by Crippen LogP contribution is 2.25. The maximum atomic E-state index is 9.39. The second-order valence-corrected chi connectivity index (χ2v) is 3.56. The van der Waals surface area contributed by atoms with Gasteiger partial charge in [0.25, 0.3) is 5.97 Å². The molecule has 0 atom stereocenters. The van der Waals surface area contributed by atoms with E-state index in [9.17, 15) is 5.11 Å². The highest BCUT2D eigenvalue weighted by Gasteiger charge is 2.05. The van der Waals surface area contributed by atoms with Gasteiger partial charge in [0.2, 0.25) is 0 Å². The molecule has 0 saturated heterocycles. The predicted molar refractivity (Wildman–Crippen MR) is 60.2 cm³/mol. The van der Waals surface area contributed by atoms with Crippen molar-refractivity contribution >= 4 is 5.97 Å². The first-order valence-electron chi connectivity index (χ1n) is 4.81. The maximum Gasteiger partial charge on any atom is 0.300 e. The summed E-state index contributed by atoms with van der Waals surface area (Å²) in [6.07, 6.45) is 0. The number of phenolic OH excluding ortho intramolecular Hbond substituents is 1. The molecular weight excluding hydrogens is 206 g/mol. The third-order valence-electron chi connectivity index (χ3n) is 1.78. The van der Waals surface area contributed by atoms with E-state index < -0.39 is 5.97 Å². The minimum Gasteiger partial charge on any atom is -0.508 e. The molecule has 2 N–H and O–H groups in total. The second kappa shape index (κ2) is 6.46. The minimum atomic E-state index is -0.833. The van der Waals surface area contributed by atoms with E-state index in [-0.39, 0.29) is 11.7 Å².